The molecule has 1 heterocycles. The molecule has 0 saturated heterocycles. The summed E-state index contributed by atoms with van der Waals surface area (Å²) in [5, 5.41) is 4.69. The summed E-state index contributed by atoms with van der Waals surface area (Å²) in [4.78, 5) is 4.81. The lowest BCUT2D eigenvalue weighted by Crippen LogP contribution is -2.36. The fourth-order valence-electron chi connectivity index (χ4n) is 2.83. The van der Waals surface area contributed by atoms with E-state index in [9.17, 15) is 0 Å². The Labute approximate surface area is 118 Å². The molecule has 1 aliphatic carbocycles. The van der Waals surface area contributed by atoms with Crippen LogP contribution in [0.2, 0.25) is 0 Å². The molecule has 1 aromatic rings. The number of para-hydroxylation sites is 1. The van der Waals surface area contributed by atoms with Gasteiger partial charge < -0.3 is 10.1 Å². The van der Waals surface area contributed by atoms with Crippen molar-refractivity contribution in [3.05, 3.63) is 29.8 Å². The Morgan fingerprint density at radius 2 is 2.16 bits per heavy atom. The number of thioether (sulfide) groups is 1. The minimum Gasteiger partial charge on any atom is -0.496 e. The molecule has 0 aromatic heterocycles. The van der Waals surface area contributed by atoms with E-state index in [1.54, 1.807) is 18.9 Å². The molecule has 2 unspecified atom stereocenters. The first-order chi connectivity index (χ1) is 9.36. The third kappa shape index (κ3) is 2.89. The fourth-order valence-corrected chi connectivity index (χ4v) is 3.80. The summed E-state index contributed by atoms with van der Waals surface area (Å²) in [5.74, 6) is 1.88. The van der Waals surface area contributed by atoms with E-state index in [0.717, 1.165) is 16.7 Å². The van der Waals surface area contributed by atoms with Crippen molar-refractivity contribution in [2.24, 2.45) is 4.99 Å². The lowest BCUT2D eigenvalue weighted by molar-refractivity contribution is 0.385. The minimum atomic E-state index is 0.522. The smallest absolute Gasteiger partial charge is 0.157 e. The highest BCUT2D eigenvalue weighted by Gasteiger charge is 2.30. The summed E-state index contributed by atoms with van der Waals surface area (Å²) >= 11 is 1.79. The Balaban J connectivity index is 1.61. The number of ether oxygens (including phenoxy) is 1. The standard InChI is InChI=1S/C15H20N2OS/c1-18-14-9-5-2-6-11(14)10-19-15-16-12-7-3-4-8-13(12)17-15/h2,5-6,9,12-13H,3-4,7-8,10H2,1H3,(H,16,17). The van der Waals surface area contributed by atoms with Gasteiger partial charge in [0.15, 0.2) is 5.17 Å². The summed E-state index contributed by atoms with van der Waals surface area (Å²) < 4.78 is 5.38. The molecule has 1 aromatic carbocycles. The highest BCUT2D eigenvalue weighted by Crippen LogP contribution is 2.29. The number of aliphatic imine (C=N–C) groups is 1. The van der Waals surface area contributed by atoms with Crippen LogP contribution >= 0.6 is 11.8 Å². The molecule has 4 heteroatoms. The van der Waals surface area contributed by atoms with Crippen molar-refractivity contribution < 1.29 is 4.74 Å². The predicted molar refractivity (Wildman–Crippen MR) is 80.9 cm³/mol. The molecule has 0 amide bonds. The van der Waals surface area contributed by atoms with Gasteiger partial charge in [0.2, 0.25) is 0 Å². The van der Waals surface area contributed by atoms with Crippen molar-refractivity contribution in [3.63, 3.8) is 0 Å². The zero-order valence-corrected chi connectivity index (χ0v) is 12.1. The van der Waals surface area contributed by atoms with Crippen LogP contribution in [0.15, 0.2) is 29.3 Å². The third-order valence-electron chi connectivity index (χ3n) is 3.88. The van der Waals surface area contributed by atoms with Crippen LogP contribution in [-0.4, -0.2) is 24.4 Å². The van der Waals surface area contributed by atoms with Crippen LogP contribution in [0.3, 0.4) is 0 Å². The van der Waals surface area contributed by atoms with E-state index < -0.39 is 0 Å². The molecule has 1 fully saturated rings. The molecule has 1 saturated carbocycles. The van der Waals surface area contributed by atoms with Gasteiger partial charge in [-0.15, -0.1) is 0 Å². The molecule has 0 spiro atoms. The van der Waals surface area contributed by atoms with Crippen LogP contribution in [0.5, 0.6) is 5.75 Å². The summed E-state index contributed by atoms with van der Waals surface area (Å²) in [5.41, 5.74) is 1.23. The maximum absolute atomic E-state index is 5.38. The lowest BCUT2D eigenvalue weighted by Gasteiger charge is -2.23. The average molecular weight is 276 g/mol. The average Bonchev–Trinajstić information content (AvgIpc) is 2.88. The maximum atomic E-state index is 5.38. The van der Waals surface area contributed by atoms with E-state index in [1.165, 1.54) is 31.2 Å². The lowest BCUT2D eigenvalue weighted by atomic mass is 9.92. The topological polar surface area (TPSA) is 33.6 Å². The Kier molecular flexibility index (Phi) is 3.97. The summed E-state index contributed by atoms with van der Waals surface area (Å²) in [7, 11) is 1.73. The summed E-state index contributed by atoms with van der Waals surface area (Å²) in [6.45, 7) is 0. The number of benzene rings is 1. The number of amidine groups is 1. The van der Waals surface area contributed by atoms with Crippen molar-refractivity contribution in [2.75, 3.05) is 7.11 Å². The zero-order chi connectivity index (χ0) is 13.1. The molecule has 3 rings (SSSR count). The SMILES string of the molecule is COc1ccccc1CSC1=NC2CCCCC2N1. The quantitative estimate of drug-likeness (QED) is 0.920. The minimum absolute atomic E-state index is 0.522. The van der Waals surface area contributed by atoms with Gasteiger partial charge in [0.1, 0.15) is 5.75 Å². The molecule has 1 N–H and O–H groups in total. The molecule has 1 aliphatic heterocycles. The Morgan fingerprint density at radius 3 is 3.00 bits per heavy atom. The van der Waals surface area contributed by atoms with Gasteiger partial charge in [-0.3, -0.25) is 4.99 Å². The first-order valence-corrected chi connectivity index (χ1v) is 7.94. The molecular weight excluding hydrogens is 256 g/mol. The second kappa shape index (κ2) is 5.87. The molecule has 0 radical (unpaired) electrons. The van der Waals surface area contributed by atoms with Crippen LogP contribution < -0.4 is 10.1 Å². The number of hydrogen-bond acceptors (Lipinski definition) is 4. The van der Waals surface area contributed by atoms with Crippen molar-refractivity contribution in [1.82, 2.24) is 5.32 Å². The zero-order valence-electron chi connectivity index (χ0n) is 11.3. The van der Waals surface area contributed by atoms with Crippen LogP contribution in [0.1, 0.15) is 31.2 Å². The van der Waals surface area contributed by atoms with Gasteiger partial charge in [-0.1, -0.05) is 42.8 Å². The van der Waals surface area contributed by atoms with Crippen molar-refractivity contribution in [2.45, 2.75) is 43.5 Å². The number of hydrogen-bond donors (Lipinski definition) is 1. The van der Waals surface area contributed by atoms with Gasteiger partial charge in [0, 0.05) is 11.3 Å². The van der Waals surface area contributed by atoms with Crippen molar-refractivity contribution >= 4 is 16.9 Å². The third-order valence-corrected chi connectivity index (χ3v) is 4.83. The van der Waals surface area contributed by atoms with Gasteiger partial charge in [-0.25, -0.2) is 0 Å². The van der Waals surface area contributed by atoms with Crippen LogP contribution in [0.4, 0.5) is 0 Å². The predicted octanol–water partition coefficient (Wildman–Crippen LogP) is 3.20. The van der Waals surface area contributed by atoms with E-state index in [0.29, 0.717) is 12.1 Å². The number of nitrogens with zero attached hydrogens (tertiary/aromatic N) is 1. The van der Waals surface area contributed by atoms with Gasteiger partial charge in [-0.05, 0) is 18.9 Å². The Hall–Kier alpha value is -1.16. The van der Waals surface area contributed by atoms with E-state index in [2.05, 4.69) is 17.4 Å². The molecule has 102 valence electrons. The second-order valence-electron chi connectivity index (χ2n) is 5.14. The molecule has 0 bridgehead atoms. The highest BCUT2D eigenvalue weighted by molar-refractivity contribution is 8.13. The summed E-state index contributed by atoms with van der Waals surface area (Å²) in [6, 6.07) is 9.31. The highest BCUT2D eigenvalue weighted by atomic mass is 32.2. The van der Waals surface area contributed by atoms with Gasteiger partial charge in [0.25, 0.3) is 0 Å². The van der Waals surface area contributed by atoms with Crippen molar-refractivity contribution in [1.29, 1.82) is 0 Å². The van der Waals surface area contributed by atoms with Gasteiger partial charge in [0.05, 0.1) is 19.2 Å². The molecule has 2 aliphatic rings. The molecular formula is C15H20N2OS. The number of rotatable bonds is 3. The van der Waals surface area contributed by atoms with E-state index in [4.69, 9.17) is 9.73 Å². The van der Waals surface area contributed by atoms with E-state index >= 15 is 0 Å². The first kappa shape index (κ1) is 12.9. The van der Waals surface area contributed by atoms with Crippen molar-refractivity contribution in [3.8, 4) is 5.75 Å². The Bertz CT molecular complexity index is 475. The molecule has 3 nitrogen and oxygen atoms in total. The van der Waals surface area contributed by atoms with Gasteiger partial charge in [-0.2, -0.15) is 0 Å². The first-order valence-electron chi connectivity index (χ1n) is 6.96. The normalized spacial score (nSPS) is 25.4. The molecule has 19 heavy (non-hydrogen) atoms. The van der Waals surface area contributed by atoms with Crippen LogP contribution in [-0.2, 0) is 5.75 Å². The fraction of sp³-hybridized carbons (Fsp3) is 0.533. The maximum Gasteiger partial charge on any atom is 0.157 e. The summed E-state index contributed by atoms with van der Waals surface area (Å²) in [6.07, 6.45) is 5.19. The number of nitrogens with one attached hydrogen (secondary N) is 1. The number of methoxy groups -OCH3 is 1. The van der Waals surface area contributed by atoms with E-state index in [-0.39, 0.29) is 0 Å². The monoisotopic (exact) mass is 276 g/mol. The van der Waals surface area contributed by atoms with E-state index in [1.807, 2.05) is 12.1 Å². The molecule has 2 atom stereocenters. The second-order valence-corrected chi connectivity index (χ2v) is 6.10. The number of fused-ring (bicyclic) bond motifs is 1. The van der Waals surface area contributed by atoms with Crippen LogP contribution in [0.25, 0.3) is 0 Å². The van der Waals surface area contributed by atoms with Gasteiger partial charge >= 0.3 is 0 Å². The van der Waals surface area contributed by atoms with Crippen LogP contribution in [0, 0.1) is 0 Å². The largest absolute Gasteiger partial charge is 0.496 e. The Morgan fingerprint density at radius 1 is 1.32 bits per heavy atom.